The second-order valence-corrected chi connectivity index (χ2v) is 9.64. The minimum atomic E-state index is -0.632. The molecule has 0 bridgehead atoms. The molecule has 5 heteroatoms. The van der Waals surface area contributed by atoms with Crippen LogP contribution in [0.4, 0.5) is 0 Å². The molecule has 3 rings (SSSR count). The zero-order chi connectivity index (χ0) is 21.6. The molecule has 0 aromatic heterocycles. The average Bonchev–Trinajstić information content (AvgIpc) is 3.47. The maximum absolute atomic E-state index is 12.3. The Hall–Kier alpha value is -1.46. The third-order valence-corrected chi connectivity index (χ3v) is 7.43. The molecule has 5 nitrogen and oxygen atoms in total. The Bertz CT molecular complexity index is 644. The molecule has 3 aliphatic rings. The largest absolute Gasteiger partial charge is 0.469 e. The van der Waals surface area contributed by atoms with Crippen molar-refractivity contribution in [3.8, 4) is 0 Å². The highest BCUT2D eigenvalue weighted by Crippen LogP contribution is 2.53. The van der Waals surface area contributed by atoms with Crippen LogP contribution in [-0.2, 0) is 14.3 Å². The molecule has 0 spiro atoms. The lowest BCUT2D eigenvalue weighted by Crippen LogP contribution is -2.41. The molecular weight excluding hydrogens is 380 g/mol. The molecule has 0 heterocycles. The van der Waals surface area contributed by atoms with Crippen LogP contribution >= 0.6 is 0 Å². The quantitative estimate of drug-likeness (QED) is 0.283. The predicted molar refractivity (Wildman–Crippen MR) is 116 cm³/mol. The van der Waals surface area contributed by atoms with Crippen LogP contribution in [0.15, 0.2) is 24.3 Å². The molecule has 4 atom stereocenters. The predicted octanol–water partition coefficient (Wildman–Crippen LogP) is 4.12. The van der Waals surface area contributed by atoms with E-state index in [0.717, 1.165) is 38.0 Å². The number of unbranched alkanes of at least 4 members (excludes halogenated alkanes) is 1. The molecule has 30 heavy (non-hydrogen) atoms. The number of allylic oxidation sites excluding steroid dienone is 2. The molecule has 0 radical (unpaired) electrons. The Balaban J connectivity index is 1.46. The molecule has 0 amide bonds. The van der Waals surface area contributed by atoms with Crippen molar-refractivity contribution in [3.63, 3.8) is 0 Å². The van der Waals surface area contributed by atoms with Gasteiger partial charge in [-0.05, 0) is 56.3 Å². The monoisotopic (exact) mass is 418 g/mol. The number of methoxy groups -OCH3 is 1. The molecule has 2 unspecified atom stereocenters. The highest BCUT2D eigenvalue weighted by Gasteiger charge is 2.46. The van der Waals surface area contributed by atoms with E-state index < -0.39 is 6.10 Å². The summed E-state index contributed by atoms with van der Waals surface area (Å²) in [6.07, 6.45) is 17.6. The zero-order valence-electron chi connectivity index (χ0n) is 18.3. The third-order valence-electron chi connectivity index (χ3n) is 7.43. The van der Waals surface area contributed by atoms with Crippen LogP contribution in [0.5, 0.6) is 0 Å². The number of Topliss-reactive ketones (excluding diaryl/α,β-unsaturated/α-hetero) is 1. The number of esters is 1. The highest BCUT2D eigenvalue weighted by atomic mass is 16.5. The number of ether oxygens (including phenoxy) is 1. The first-order valence-corrected chi connectivity index (χ1v) is 11.7. The van der Waals surface area contributed by atoms with Gasteiger partial charge in [0.1, 0.15) is 5.78 Å². The maximum Gasteiger partial charge on any atom is 0.305 e. The second kappa shape index (κ2) is 10.7. The summed E-state index contributed by atoms with van der Waals surface area (Å²) >= 11 is 0. The fraction of sp³-hybridized carbons (Fsp3) is 0.760. The van der Waals surface area contributed by atoms with Gasteiger partial charge in [0.15, 0.2) is 0 Å². The molecule has 0 aromatic carbocycles. The van der Waals surface area contributed by atoms with Gasteiger partial charge < -0.3 is 14.9 Å². The summed E-state index contributed by atoms with van der Waals surface area (Å²) in [5.41, 5.74) is 0.113. The summed E-state index contributed by atoms with van der Waals surface area (Å²) in [7, 11) is 1.39. The minimum absolute atomic E-state index is 0.112. The topological polar surface area (TPSA) is 83.8 Å². The first kappa shape index (κ1) is 23.2. The van der Waals surface area contributed by atoms with Crippen molar-refractivity contribution in [2.75, 3.05) is 7.11 Å². The summed E-state index contributed by atoms with van der Waals surface area (Å²) in [5.74, 6) is 0.355. The molecular formula is C25H38O5. The Morgan fingerprint density at radius 3 is 2.67 bits per heavy atom. The van der Waals surface area contributed by atoms with Gasteiger partial charge in [0, 0.05) is 24.7 Å². The van der Waals surface area contributed by atoms with Crippen LogP contribution in [0, 0.1) is 23.2 Å². The van der Waals surface area contributed by atoms with Crippen molar-refractivity contribution in [2.24, 2.45) is 23.2 Å². The third kappa shape index (κ3) is 6.04. The van der Waals surface area contributed by atoms with E-state index in [1.54, 1.807) is 0 Å². The highest BCUT2D eigenvalue weighted by molar-refractivity contribution is 5.84. The molecule has 3 aliphatic carbocycles. The molecule has 168 valence electrons. The SMILES string of the molecule is COC(=O)CCCC=CC[C@H]1C(=O)CC(O)[C@@H]1C=CCC(O)C1(CC2CC2)CCC1. The van der Waals surface area contributed by atoms with Crippen molar-refractivity contribution >= 4 is 11.8 Å². The lowest BCUT2D eigenvalue weighted by atomic mass is 9.61. The molecule has 2 N–H and O–H groups in total. The van der Waals surface area contributed by atoms with Crippen molar-refractivity contribution in [3.05, 3.63) is 24.3 Å². The van der Waals surface area contributed by atoms with E-state index in [0.29, 0.717) is 19.3 Å². The van der Waals surface area contributed by atoms with Gasteiger partial charge in [0.05, 0.1) is 19.3 Å². The molecule has 0 saturated heterocycles. The Kier molecular flexibility index (Phi) is 8.29. The standard InChI is InChI=1S/C25H38O5/c1-30-24(29)11-5-3-2-4-8-19-20(22(27)16-21(19)26)9-6-10-23(28)25(14-7-15-25)17-18-12-13-18/h2,4,6,9,18-20,22-23,27-28H,3,5,7-8,10-17H2,1H3/t19-,20-,22?,23?/m1/s1. The number of ketones is 1. The van der Waals surface area contributed by atoms with Crippen molar-refractivity contribution in [1.29, 1.82) is 0 Å². The number of aliphatic hydroxyl groups is 2. The van der Waals surface area contributed by atoms with E-state index in [2.05, 4.69) is 4.74 Å². The summed E-state index contributed by atoms with van der Waals surface area (Å²) in [6.45, 7) is 0. The van der Waals surface area contributed by atoms with Crippen LogP contribution in [0.1, 0.15) is 77.0 Å². The van der Waals surface area contributed by atoms with Crippen molar-refractivity contribution in [2.45, 2.75) is 89.3 Å². The van der Waals surface area contributed by atoms with Crippen LogP contribution in [0.3, 0.4) is 0 Å². The number of hydrogen-bond donors (Lipinski definition) is 2. The van der Waals surface area contributed by atoms with Gasteiger partial charge in [-0.2, -0.15) is 0 Å². The summed E-state index contributed by atoms with van der Waals surface area (Å²) in [5, 5.41) is 21.2. The summed E-state index contributed by atoms with van der Waals surface area (Å²) in [4.78, 5) is 23.5. The number of carbonyl (C=O) groups is 2. The first-order chi connectivity index (χ1) is 14.4. The van der Waals surface area contributed by atoms with Crippen molar-refractivity contribution < 1.29 is 24.5 Å². The number of aliphatic hydroxyl groups excluding tert-OH is 2. The smallest absolute Gasteiger partial charge is 0.305 e. The van der Waals surface area contributed by atoms with Crippen LogP contribution in [0.2, 0.25) is 0 Å². The average molecular weight is 419 g/mol. The van der Waals surface area contributed by atoms with E-state index in [1.165, 1.54) is 26.4 Å². The van der Waals surface area contributed by atoms with E-state index in [1.807, 2.05) is 24.3 Å². The van der Waals surface area contributed by atoms with Gasteiger partial charge in [-0.25, -0.2) is 0 Å². The Labute approximate surface area is 180 Å². The number of rotatable bonds is 12. The Morgan fingerprint density at radius 1 is 1.27 bits per heavy atom. The number of carbonyl (C=O) groups excluding carboxylic acids is 2. The lowest BCUT2D eigenvalue weighted by Gasteiger charge is -2.46. The fourth-order valence-corrected chi connectivity index (χ4v) is 5.17. The van der Waals surface area contributed by atoms with Crippen LogP contribution < -0.4 is 0 Å². The van der Waals surface area contributed by atoms with E-state index in [4.69, 9.17) is 0 Å². The second-order valence-electron chi connectivity index (χ2n) is 9.64. The minimum Gasteiger partial charge on any atom is -0.469 e. The van der Waals surface area contributed by atoms with E-state index in [9.17, 15) is 19.8 Å². The molecule has 0 aromatic rings. The maximum atomic E-state index is 12.3. The summed E-state index contributed by atoms with van der Waals surface area (Å²) in [6, 6.07) is 0. The van der Waals surface area contributed by atoms with Gasteiger partial charge >= 0.3 is 5.97 Å². The molecule has 3 saturated carbocycles. The first-order valence-electron chi connectivity index (χ1n) is 11.7. The number of hydrogen-bond acceptors (Lipinski definition) is 5. The van der Waals surface area contributed by atoms with E-state index >= 15 is 0 Å². The summed E-state index contributed by atoms with van der Waals surface area (Å²) < 4.78 is 4.62. The normalized spacial score (nSPS) is 29.4. The zero-order valence-corrected chi connectivity index (χ0v) is 18.3. The molecule has 0 aliphatic heterocycles. The van der Waals surface area contributed by atoms with Gasteiger partial charge in [-0.3, -0.25) is 9.59 Å². The van der Waals surface area contributed by atoms with Crippen LogP contribution in [0.25, 0.3) is 0 Å². The molecule has 3 fully saturated rings. The lowest BCUT2D eigenvalue weighted by molar-refractivity contribution is -0.140. The van der Waals surface area contributed by atoms with Gasteiger partial charge in [-0.1, -0.05) is 43.6 Å². The van der Waals surface area contributed by atoms with Gasteiger partial charge in [-0.15, -0.1) is 0 Å². The Morgan fingerprint density at radius 2 is 2.03 bits per heavy atom. The van der Waals surface area contributed by atoms with E-state index in [-0.39, 0.29) is 41.5 Å². The fourth-order valence-electron chi connectivity index (χ4n) is 5.17. The van der Waals surface area contributed by atoms with Gasteiger partial charge in [0.25, 0.3) is 0 Å². The van der Waals surface area contributed by atoms with Crippen molar-refractivity contribution in [1.82, 2.24) is 0 Å². The van der Waals surface area contributed by atoms with Crippen LogP contribution in [-0.4, -0.2) is 41.3 Å². The van der Waals surface area contributed by atoms with Gasteiger partial charge in [0.2, 0.25) is 0 Å².